The van der Waals surface area contributed by atoms with E-state index in [-0.39, 0.29) is 6.04 Å². The lowest BCUT2D eigenvalue weighted by Crippen LogP contribution is -2.42. The second-order valence-electron chi connectivity index (χ2n) is 5.95. The lowest BCUT2D eigenvalue weighted by molar-refractivity contribution is 0.125. The molecule has 2 heterocycles. The van der Waals surface area contributed by atoms with E-state index in [0.717, 1.165) is 18.9 Å². The molecule has 0 aromatic heterocycles. The van der Waals surface area contributed by atoms with Gasteiger partial charge < -0.3 is 15.4 Å². The monoisotopic (exact) mass is 260 g/mol. The van der Waals surface area contributed by atoms with Crippen LogP contribution in [-0.2, 0) is 0 Å². The van der Waals surface area contributed by atoms with Gasteiger partial charge in [-0.2, -0.15) is 0 Å². The molecule has 0 amide bonds. The lowest BCUT2D eigenvalue weighted by atomic mass is 9.89. The number of nitrogens with zero attached hydrogens (tertiary/aromatic N) is 1. The number of hydrogen-bond acceptors (Lipinski definition) is 3. The summed E-state index contributed by atoms with van der Waals surface area (Å²) in [6.07, 6.45) is 4.04. The Morgan fingerprint density at radius 3 is 2.84 bits per heavy atom. The minimum absolute atomic E-state index is 0.116. The van der Waals surface area contributed by atoms with E-state index in [1.54, 1.807) is 0 Å². The molecule has 0 aliphatic carbocycles. The van der Waals surface area contributed by atoms with Gasteiger partial charge >= 0.3 is 0 Å². The molecule has 1 aromatic carbocycles. The van der Waals surface area contributed by atoms with Crippen molar-refractivity contribution in [2.75, 3.05) is 26.2 Å². The largest absolute Gasteiger partial charge is 0.493 e. The zero-order valence-electron chi connectivity index (χ0n) is 11.8. The van der Waals surface area contributed by atoms with E-state index >= 15 is 0 Å². The van der Waals surface area contributed by atoms with Crippen LogP contribution >= 0.6 is 0 Å². The fraction of sp³-hybridized carbons (Fsp3) is 0.625. The van der Waals surface area contributed by atoms with Gasteiger partial charge in [-0.15, -0.1) is 0 Å². The van der Waals surface area contributed by atoms with Crippen LogP contribution in [0.2, 0.25) is 0 Å². The SMILES string of the molecule is Cc1cccc2c1OCC(CN1CCCCC1)C2N. The van der Waals surface area contributed by atoms with E-state index in [1.165, 1.54) is 43.5 Å². The zero-order chi connectivity index (χ0) is 13.2. The summed E-state index contributed by atoms with van der Waals surface area (Å²) in [5.41, 5.74) is 8.86. The second kappa shape index (κ2) is 5.51. The average Bonchev–Trinajstić information content (AvgIpc) is 2.44. The van der Waals surface area contributed by atoms with Crippen LogP contribution in [0.3, 0.4) is 0 Å². The first-order chi connectivity index (χ1) is 9.25. The van der Waals surface area contributed by atoms with Crippen molar-refractivity contribution in [2.24, 2.45) is 11.7 Å². The van der Waals surface area contributed by atoms with Crippen LogP contribution < -0.4 is 10.5 Å². The summed E-state index contributed by atoms with van der Waals surface area (Å²) in [6.45, 7) is 6.38. The van der Waals surface area contributed by atoms with E-state index in [2.05, 4.69) is 30.0 Å². The van der Waals surface area contributed by atoms with Crippen LogP contribution in [0.15, 0.2) is 18.2 Å². The molecule has 2 aliphatic heterocycles. The summed E-state index contributed by atoms with van der Waals surface area (Å²) in [5.74, 6) is 1.44. The molecular weight excluding hydrogens is 236 g/mol. The first kappa shape index (κ1) is 12.9. The Kier molecular flexibility index (Phi) is 3.76. The molecule has 1 saturated heterocycles. The molecule has 1 fully saturated rings. The Morgan fingerprint density at radius 2 is 2.05 bits per heavy atom. The molecule has 104 valence electrons. The molecule has 1 aromatic rings. The van der Waals surface area contributed by atoms with Crippen LogP contribution in [0.5, 0.6) is 5.75 Å². The van der Waals surface area contributed by atoms with Gasteiger partial charge in [0.25, 0.3) is 0 Å². The first-order valence-corrected chi connectivity index (χ1v) is 7.46. The molecule has 3 rings (SSSR count). The number of aryl methyl sites for hydroxylation is 1. The normalized spacial score (nSPS) is 27.7. The Balaban J connectivity index is 1.72. The summed E-state index contributed by atoms with van der Waals surface area (Å²) in [7, 11) is 0. The van der Waals surface area contributed by atoms with Crippen molar-refractivity contribution >= 4 is 0 Å². The predicted molar refractivity (Wildman–Crippen MR) is 77.4 cm³/mol. The van der Waals surface area contributed by atoms with Crippen LogP contribution in [0, 0.1) is 12.8 Å². The Morgan fingerprint density at radius 1 is 1.26 bits per heavy atom. The zero-order valence-corrected chi connectivity index (χ0v) is 11.8. The molecule has 0 saturated carbocycles. The third-order valence-corrected chi connectivity index (χ3v) is 4.49. The highest BCUT2D eigenvalue weighted by molar-refractivity contribution is 5.44. The fourth-order valence-electron chi connectivity index (χ4n) is 3.32. The smallest absolute Gasteiger partial charge is 0.126 e. The summed E-state index contributed by atoms with van der Waals surface area (Å²) in [4.78, 5) is 2.55. The summed E-state index contributed by atoms with van der Waals surface area (Å²) < 4.78 is 5.97. The highest BCUT2D eigenvalue weighted by Gasteiger charge is 2.30. The Bertz CT molecular complexity index is 440. The maximum Gasteiger partial charge on any atom is 0.126 e. The van der Waals surface area contributed by atoms with Crippen molar-refractivity contribution in [3.63, 3.8) is 0 Å². The molecule has 19 heavy (non-hydrogen) atoms. The highest BCUT2D eigenvalue weighted by atomic mass is 16.5. The minimum atomic E-state index is 0.116. The summed E-state index contributed by atoms with van der Waals surface area (Å²) in [5, 5.41) is 0. The van der Waals surface area contributed by atoms with Gasteiger partial charge in [-0.05, 0) is 38.4 Å². The fourth-order valence-corrected chi connectivity index (χ4v) is 3.32. The Labute approximate surface area is 115 Å². The molecule has 0 bridgehead atoms. The topological polar surface area (TPSA) is 38.5 Å². The standard InChI is InChI=1S/C16H24N2O/c1-12-6-5-7-14-15(17)13(11-19-16(12)14)10-18-8-3-2-4-9-18/h5-7,13,15H,2-4,8-11,17H2,1H3. The third-order valence-electron chi connectivity index (χ3n) is 4.49. The average molecular weight is 260 g/mol. The van der Waals surface area contributed by atoms with Gasteiger partial charge in [-0.3, -0.25) is 0 Å². The van der Waals surface area contributed by atoms with Gasteiger partial charge in [-0.25, -0.2) is 0 Å². The van der Waals surface area contributed by atoms with Crippen LogP contribution in [0.25, 0.3) is 0 Å². The van der Waals surface area contributed by atoms with Crippen LogP contribution in [0.4, 0.5) is 0 Å². The molecule has 2 unspecified atom stereocenters. The van der Waals surface area contributed by atoms with Crippen molar-refractivity contribution in [2.45, 2.75) is 32.2 Å². The number of para-hydroxylation sites is 1. The number of hydrogen-bond donors (Lipinski definition) is 1. The van der Waals surface area contributed by atoms with Gasteiger partial charge in [0.1, 0.15) is 5.75 Å². The lowest BCUT2D eigenvalue weighted by Gasteiger charge is -2.36. The van der Waals surface area contributed by atoms with Gasteiger partial charge in [0.2, 0.25) is 0 Å². The highest BCUT2D eigenvalue weighted by Crippen LogP contribution is 2.36. The van der Waals surface area contributed by atoms with Crippen LogP contribution in [-0.4, -0.2) is 31.1 Å². The number of benzene rings is 1. The van der Waals surface area contributed by atoms with E-state index in [4.69, 9.17) is 10.5 Å². The van der Waals surface area contributed by atoms with E-state index < -0.39 is 0 Å². The van der Waals surface area contributed by atoms with Gasteiger partial charge in [0.15, 0.2) is 0 Å². The molecular formula is C16H24N2O. The molecule has 3 heteroatoms. The second-order valence-corrected chi connectivity index (χ2v) is 5.95. The first-order valence-electron chi connectivity index (χ1n) is 7.46. The molecule has 2 atom stereocenters. The number of ether oxygens (including phenoxy) is 1. The molecule has 0 spiro atoms. The third kappa shape index (κ3) is 2.63. The Hall–Kier alpha value is -1.06. The minimum Gasteiger partial charge on any atom is -0.493 e. The maximum absolute atomic E-state index is 6.47. The van der Waals surface area contributed by atoms with Crippen molar-refractivity contribution in [3.05, 3.63) is 29.3 Å². The van der Waals surface area contributed by atoms with E-state index in [0.29, 0.717) is 5.92 Å². The molecule has 3 nitrogen and oxygen atoms in total. The summed E-state index contributed by atoms with van der Waals surface area (Å²) in [6, 6.07) is 6.41. The molecule has 2 N–H and O–H groups in total. The van der Waals surface area contributed by atoms with Crippen molar-refractivity contribution < 1.29 is 4.74 Å². The predicted octanol–water partition coefficient (Wildman–Crippen LogP) is 2.49. The van der Waals surface area contributed by atoms with Crippen molar-refractivity contribution in [3.8, 4) is 5.75 Å². The van der Waals surface area contributed by atoms with Gasteiger partial charge in [-0.1, -0.05) is 24.6 Å². The van der Waals surface area contributed by atoms with Crippen molar-refractivity contribution in [1.82, 2.24) is 4.90 Å². The van der Waals surface area contributed by atoms with E-state index in [9.17, 15) is 0 Å². The van der Waals surface area contributed by atoms with Crippen molar-refractivity contribution in [1.29, 1.82) is 0 Å². The molecule has 0 radical (unpaired) electrons. The number of likely N-dealkylation sites (tertiary alicyclic amines) is 1. The molecule has 2 aliphatic rings. The maximum atomic E-state index is 6.47. The number of nitrogens with two attached hydrogens (primary N) is 1. The van der Waals surface area contributed by atoms with Gasteiger partial charge in [0.05, 0.1) is 6.61 Å². The van der Waals surface area contributed by atoms with E-state index in [1.807, 2.05) is 0 Å². The number of fused-ring (bicyclic) bond motifs is 1. The quantitative estimate of drug-likeness (QED) is 0.888. The number of rotatable bonds is 2. The van der Waals surface area contributed by atoms with Crippen LogP contribution in [0.1, 0.15) is 36.4 Å². The van der Waals surface area contributed by atoms with Gasteiger partial charge in [0, 0.05) is 24.1 Å². The summed E-state index contributed by atoms with van der Waals surface area (Å²) >= 11 is 0. The number of piperidine rings is 1.